The average Bonchev–Trinajstić information content (AvgIpc) is 3.70. The van der Waals surface area contributed by atoms with Crippen LogP contribution in [0, 0.1) is 24.7 Å². The van der Waals surface area contributed by atoms with Crippen molar-refractivity contribution in [2.75, 3.05) is 10.6 Å². The molecule has 2 saturated carbocycles. The summed E-state index contributed by atoms with van der Waals surface area (Å²) >= 11 is 0. The zero-order chi connectivity index (χ0) is 45.2. The fourth-order valence-corrected chi connectivity index (χ4v) is 11.5. The first-order valence-electron chi connectivity index (χ1n) is 22.2. The van der Waals surface area contributed by atoms with Crippen molar-refractivity contribution < 1.29 is 36.0 Å². The van der Waals surface area contributed by atoms with Gasteiger partial charge in [0.2, 0.25) is 0 Å². The number of primary amides is 2. The number of benzene rings is 2. The van der Waals surface area contributed by atoms with Crippen molar-refractivity contribution in [3.05, 3.63) is 93.6 Å². The Morgan fingerprint density at radius 3 is 1.33 bits per heavy atom. The summed E-state index contributed by atoms with van der Waals surface area (Å²) < 4.78 is 41.7. The van der Waals surface area contributed by atoms with Gasteiger partial charge >= 0.3 is 10.4 Å². The van der Waals surface area contributed by atoms with Crippen molar-refractivity contribution in [3.63, 3.8) is 0 Å². The van der Waals surface area contributed by atoms with Gasteiger partial charge in [-0.2, -0.15) is 8.42 Å². The molecule has 0 atom stereocenters. The lowest BCUT2D eigenvalue weighted by Gasteiger charge is -2.32. The molecule has 15 heteroatoms. The number of fused-ring (bicyclic) bond motifs is 2. The molecule has 2 heterocycles. The summed E-state index contributed by atoms with van der Waals surface area (Å²) in [6.07, 6.45) is 9.56. The lowest BCUT2D eigenvalue weighted by atomic mass is 9.75. The van der Waals surface area contributed by atoms with E-state index in [0.717, 1.165) is 57.9 Å². The van der Waals surface area contributed by atoms with E-state index in [2.05, 4.69) is 38.3 Å². The van der Waals surface area contributed by atoms with Gasteiger partial charge in [0.1, 0.15) is 0 Å². The molecule has 0 radical (unpaired) electrons. The largest absolute Gasteiger partial charge is 0.400 e. The molecule has 4 aliphatic rings. The van der Waals surface area contributed by atoms with Crippen LogP contribution in [0.5, 0.6) is 0 Å². The summed E-state index contributed by atoms with van der Waals surface area (Å²) in [4.78, 5) is 51.2. The van der Waals surface area contributed by atoms with Gasteiger partial charge in [-0.05, 0) is 136 Å². The van der Waals surface area contributed by atoms with E-state index >= 15 is 0 Å². The number of hydrogen-bond donors (Lipinski definition) is 4. The number of carbonyl (C=O) groups is 4. The van der Waals surface area contributed by atoms with Crippen molar-refractivity contribution in [3.8, 4) is 11.4 Å². The summed E-state index contributed by atoms with van der Waals surface area (Å²) in [6.45, 7) is 12.3. The van der Waals surface area contributed by atoms with Crippen LogP contribution in [0.1, 0.15) is 156 Å². The normalized spacial score (nSPS) is 23.1. The standard InChI is InChI=1S/C48H60N6O8S/c1-27-25-53(39-21-47(3,4)23-41(55)43(27)39)31-11-17-35(45(49)57)37(19-31)51-29-7-13-33(14-8-29)61-63(59,60)62-34-15-9-30(10-16-34)52-38-20-32(12-18-36(38)46(50)58)54-26-28(2)44-40(54)22-48(5,6)24-42(44)56/h11-12,17-20,25-26,29-30,33-34,51-52H,7-10,13-16,21-24H2,1-6H3,(H2,49,57)(H2,50,58). The Kier molecular flexibility index (Phi) is 11.8. The third-order valence-corrected chi connectivity index (χ3v) is 14.4. The molecular formula is C48H60N6O8S. The maximum Gasteiger partial charge on any atom is 0.400 e. The Morgan fingerprint density at radius 2 is 0.984 bits per heavy atom. The van der Waals surface area contributed by atoms with Crippen LogP contribution in [0.4, 0.5) is 11.4 Å². The molecule has 2 fully saturated rings. The predicted octanol–water partition coefficient (Wildman–Crippen LogP) is 7.82. The van der Waals surface area contributed by atoms with E-state index in [4.69, 9.17) is 19.8 Å². The van der Waals surface area contributed by atoms with Crippen LogP contribution < -0.4 is 22.1 Å². The highest BCUT2D eigenvalue weighted by Crippen LogP contribution is 2.41. The number of aryl methyl sites for hydroxylation is 2. The highest BCUT2D eigenvalue weighted by atomic mass is 32.3. The molecule has 8 rings (SSSR count). The zero-order valence-electron chi connectivity index (χ0n) is 37.1. The van der Waals surface area contributed by atoms with E-state index in [1.54, 1.807) is 12.1 Å². The molecule has 14 nitrogen and oxygen atoms in total. The first-order valence-corrected chi connectivity index (χ1v) is 23.5. The van der Waals surface area contributed by atoms with Crippen LogP contribution >= 0.6 is 0 Å². The van der Waals surface area contributed by atoms with Gasteiger partial charge in [0, 0.05) is 82.6 Å². The molecule has 0 saturated heterocycles. The zero-order valence-corrected chi connectivity index (χ0v) is 38.0. The number of amides is 2. The van der Waals surface area contributed by atoms with Gasteiger partial charge in [-0.1, -0.05) is 27.7 Å². The van der Waals surface area contributed by atoms with Gasteiger partial charge < -0.3 is 31.2 Å². The molecule has 0 aliphatic heterocycles. The van der Waals surface area contributed by atoms with E-state index in [1.807, 2.05) is 59.6 Å². The molecule has 63 heavy (non-hydrogen) atoms. The van der Waals surface area contributed by atoms with Crippen LogP contribution in [0.25, 0.3) is 11.4 Å². The number of rotatable bonds is 12. The third-order valence-electron chi connectivity index (χ3n) is 13.4. The average molecular weight is 881 g/mol. The quantitative estimate of drug-likeness (QED) is 0.109. The molecule has 2 amide bonds. The number of ketones is 2. The maximum absolute atomic E-state index is 13.2. The number of hydrogen-bond acceptors (Lipinski definition) is 10. The van der Waals surface area contributed by atoms with E-state index < -0.39 is 34.4 Å². The molecule has 0 unspecified atom stereocenters. The fourth-order valence-electron chi connectivity index (χ4n) is 10.5. The highest BCUT2D eigenvalue weighted by molar-refractivity contribution is 7.81. The Morgan fingerprint density at radius 1 is 0.619 bits per heavy atom. The number of aromatic nitrogens is 2. The summed E-state index contributed by atoms with van der Waals surface area (Å²) in [5, 5.41) is 7.00. The number of nitrogens with one attached hydrogen (secondary N) is 2. The number of anilines is 2. The summed E-state index contributed by atoms with van der Waals surface area (Å²) in [5.74, 6) is -0.846. The van der Waals surface area contributed by atoms with Crippen LogP contribution in [-0.2, 0) is 31.6 Å². The molecular weight excluding hydrogens is 821 g/mol. The highest BCUT2D eigenvalue weighted by Gasteiger charge is 2.37. The van der Waals surface area contributed by atoms with E-state index in [1.165, 1.54) is 0 Å². The number of nitrogens with two attached hydrogens (primary N) is 2. The topological polar surface area (TPSA) is 207 Å². The van der Waals surface area contributed by atoms with Gasteiger partial charge in [-0.3, -0.25) is 19.2 Å². The Labute approximate surface area is 369 Å². The Bertz CT molecular complexity index is 2440. The second-order valence-electron chi connectivity index (χ2n) is 19.9. The number of Topliss-reactive ketones (excluding diaryl/α,β-unsaturated/α-hetero) is 2. The van der Waals surface area contributed by atoms with Gasteiger partial charge in [0.25, 0.3) is 11.8 Å². The van der Waals surface area contributed by atoms with E-state index in [9.17, 15) is 27.6 Å². The molecule has 336 valence electrons. The van der Waals surface area contributed by atoms with Gasteiger partial charge in [-0.15, -0.1) is 0 Å². The molecule has 4 aliphatic carbocycles. The van der Waals surface area contributed by atoms with E-state index in [-0.39, 0.29) is 34.5 Å². The summed E-state index contributed by atoms with van der Waals surface area (Å²) in [5.41, 5.74) is 20.1. The number of nitrogens with zero attached hydrogens (tertiary/aromatic N) is 2. The van der Waals surface area contributed by atoms with E-state index in [0.29, 0.717) is 86.7 Å². The first-order chi connectivity index (χ1) is 29.7. The van der Waals surface area contributed by atoms with Crippen LogP contribution in [0.2, 0.25) is 0 Å². The molecule has 0 bridgehead atoms. The van der Waals surface area contributed by atoms with Crippen molar-refractivity contribution in [2.45, 2.75) is 143 Å². The van der Waals surface area contributed by atoms with Crippen molar-refractivity contribution in [1.82, 2.24) is 9.13 Å². The molecule has 2 aromatic carbocycles. The molecule has 0 spiro atoms. The molecule has 4 aromatic rings. The van der Waals surface area contributed by atoms with Gasteiger partial charge in [-0.25, -0.2) is 8.37 Å². The fraction of sp³-hybridized carbons (Fsp3) is 0.500. The SMILES string of the molecule is Cc1cn(-c2ccc(C(N)=O)c(NC3CCC(OS(=O)(=O)OC4CCC(Nc5cc(-n6cc(C)c7c6CC(C)(C)CC7=O)ccc5C(N)=O)CC4)CC3)c2)c2c1C(=O)CC(C)(C)C2. The first kappa shape index (κ1) is 44.4. The summed E-state index contributed by atoms with van der Waals surface area (Å²) in [6, 6.07) is 10.8. The van der Waals surface area contributed by atoms with Crippen molar-refractivity contribution >= 4 is 45.2 Å². The smallest absolute Gasteiger partial charge is 0.382 e. The Hall–Kier alpha value is -5.25. The second kappa shape index (κ2) is 16.7. The van der Waals surface area contributed by atoms with Crippen LogP contribution in [0.15, 0.2) is 48.8 Å². The monoisotopic (exact) mass is 880 g/mol. The number of carbonyl (C=O) groups excluding carboxylic acids is 4. The third kappa shape index (κ3) is 9.37. The second-order valence-corrected chi connectivity index (χ2v) is 21.1. The minimum absolute atomic E-state index is 0.0599. The molecule has 6 N–H and O–H groups in total. The minimum Gasteiger partial charge on any atom is -0.382 e. The molecule has 2 aromatic heterocycles. The maximum atomic E-state index is 13.2. The Balaban J connectivity index is 0.859. The van der Waals surface area contributed by atoms with Crippen LogP contribution in [0.3, 0.4) is 0 Å². The van der Waals surface area contributed by atoms with Crippen LogP contribution in [-0.4, -0.2) is 65.2 Å². The predicted molar refractivity (Wildman–Crippen MR) is 241 cm³/mol. The van der Waals surface area contributed by atoms with Crippen molar-refractivity contribution in [1.29, 1.82) is 0 Å². The van der Waals surface area contributed by atoms with Gasteiger partial charge in [0.05, 0.1) is 23.3 Å². The lowest BCUT2D eigenvalue weighted by molar-refractivity contribution is 0.0847. The minimum atomic E-state index is -4.29. The summed E-state index contributed by atoms with van der Waals surface area (Å²) in [7, 11) is -4.29. The van der Waals surface area contributed by atoms with Crippen molar-refractivity contribution in [2.24, 2.45) is 22.3 Å². The lowest BCUT2D eigenvalue weighted by Crippen LogP contribution is -2.35. The van der Waals surface area contributed by atoms with Gasteiger partial charge in [0.15, 0.2) is 11.6 Å².